The van der Waals surface area contributed by atoms with Crippen molar-refractivity contribution in [1.29, 1.82) is 0 Å². The molecular formula is C24H27F2N5O. The fourth-order valence-electron chi connectivity index (χ4n) is 3.85. The minimum Gasteiger partial charge on any atom is -0.322 e. The number of hydrogen-bond donors (Lipinski definition) is 1. The zero-order valence-electron chi connectivity index (χ0n) is 18.3. The van der Waals surface area contributed by atoms with Crippen molar-refractivity contribution >= 4 is 11.6 Å². The van der Waals surface area contributed by atoms with Crippen molar-refractivity contribution in [2.45, 2.75) is 6.42 Å². The van der Waals surface area contributed by atoms with Crippen molar-refractivity contribution in [3.63, 3.8) is 0 Å². The molecular weight excluding hydrogens is 412 g/mol. The third-order valence-corrected chi connectivity index (χ3v) is 5.78. The highest BCUT2D eigenvalue weighted by Gasteiger charge is 2.20. The van der Waals surface area contributed by atoms with Gasteiger partial charge in [0.05, 0.1) is 5.56 Å². The summed E-state index contributed by atoms with van der Waals surface area (Å²) in [6, 6.07) is 11.0. The number of anilines is 1. The summed E-state index contributed by atoms with van der Waals surface area (Å²) < 4.78 is 29.0. The Morgan fingerprint density at radius 2 is 1.75 bits per heavy atom. The van der Waals surface area contributed by atoms with Gasteiger partial charge < -0.3 is 15.1 Å². The van der Waals surface area contributed by atoms with Crippen LogP contribution in [0.15, 0.2) is 48.7 Å². The fourth-order valence-corrected chi connectivity index (χ4v) is 3.85. The van der Waals surface area contributed by atoms with Crippen LogP contribution in [-0.4, -0.2) is 65.3 Å². The van der Waals surface area contributed by atoms with Gasteiger partial charge in [0, 0.05) is 63.3 Å². The molecule has 6 nitrogen and oxygen atoms in total. The quantitative estimate of drug-likeness (QED) is 0.640. The third kappa shape index (κ3) is 5.20. The van der Waals surface area contributed by atoms with Gasteiger partial charge in [-0.2, -0.15) is 5.10 Å². The van der Waals surface area contributed by atoms with Gasteiger partial charge in [-0.3, -0.25) is 9.48 Å². The van der Waals surface area contributed by atoms with Crippen LogP contribution in [0.1, 0.15) is 15.9 Å². The largest absolute Gasteiger partial charge is 0.322 e. The highest BCUT2D eigenvalue weighted by Crippen LogP contribution is 2.26. The predicted molar refractivity (Wildman–Crippen MR) is 121 cm³/mol. The number of rotatable bonds is 6. The highest BCUT2D eigenvalue weighted by molar-refractivity contribution is 6.08. The summed E-state index contributed by atoms with van der Waals surface area (Å²) in [5, 5.41) is 7.05. The number of likely N-dealkylation sites (N-methyl/N-ethyl adjacent to an activating group) is 1. The lowest BCUT2D eigenvalue weighted by Gasteiger charge is -2.32. The number of carbonyl (C=O) groups is 1. The van der Waals surface area contributed by atoms with E-state index < -0.39 is 17.5 Å². The van der Waals surface area contributed by atoms with Crippen LogP contribution in [0.3, 0.4) is 0 Å². The average molecular weight is 440 g/mol. The molecule has 1 aromatic heterocycles. The second kappa shape index (κ2) is 9.58. The van der Waals surface area contributed by atoms with Gasteiger partial charge in [0.15, 0.2) is 0 Å². The van der Waals surface area contributed by atoms with E-state index in [1.807, 2.05) is 24.3 Å². The number of hydrogen-bond acceptors (Lipinski definition) is 4. The molecule has 3 aromatic rings. The first-order chi connectivity index (χ1) is 15.4. The van der Waals surface area contributed by atoms with Crippen LogP contribution in [0.5, 0.6) is 0 Å². The molecule has 1 aliphatic heterocycles. The van der Waals surface area contributed by atoms with Crippen LogP contribution >= 0.6 is 0 Å². The molecule has 1 amide bonds. The maximum absolute atomic E-state index is 14.3. The molecule has 0 radical (unpaired) electrons. The van der Waals surface area contributed by atoms with Crippen molar-refractivity contribution in [1.82, 2.24) is 19.6 Å². The predicted octanol–water partition coefficient (Wildman–Crippen LogP) is 3.41. The van der Waals surface area contributed by atoms with Gasteiger partial charge in [-0.05, 0) is 43.3 Å². The molecule has 168 valence electrons. The highest BCUT2D eigenvalue weighted by atomic mass is 19.1. The Morgan fingerprint density at radius 3 is 2.44 bits per heavy atom. The van der Waals surface area contributed by atoms with Gasteiger partial charge in [0.1, 0.15) is 17.3 Å². The van der Waals surface area contributed by atoms with E-state index in [4.69, 9.17) is 0 Å². The third-order valence-electron chi connectivity index (χ3n) is 5.78. The number of nitrogens with one attached hydrogen (secondary N) is 1. The molecule has 0 bridgehead atoms. The second-order valence-electron chi connectivity index (χ2n) is 8.24. The summed E-state index contributed by atoms with van der Waals surface area (Å²) in [6.07, 6.45) is 2.48. The van der Waals surface area contributed by atoms with Gasteiger partial charge in [-0.1, -0.05) is 12.1 Å². The standard InChI is InChI=1S/C24H27F2N5O/c1-29-11-13-31(14-12-29)10-9-17-3-6-19(7-4-17)27-24(32)21-16-30(2)28-23(21)20-8-5-18(25)15-22(20)26/h3-8,15-16H,9-14H2,1-2H3,(H,27,32). The number of aromatic nitrogens is 2. The molecule has 4 rings (SSSR count). The molecule has 0 saturated carbocycles. The van der Waals surface area contributed by atoms with Crippen molar-refractivity contribution in [2.24, 2.45) is 7.05 Å². The molecule has 32 heavy (non-hydrogen) atoms. The van der Waals surface area contributed by atoms with E-state index in [-0.39, 0.29) is 16.8 Å². The van der Waals surface area contributed by atoms with Crippen LogP contribution < -0.4 is 5.32 Å². The Labute approximate surface area is 186 Å². The van der Waals surface area contributed by atoms with Crippen LogP contribution in [0.4, 0.5) is 14.5 Å². The molecule has 1 fully saturated rings. The summed E-state index contributed by atoms with van der Waals surface area (Å²) in [5.41, 5.74) is 2.32. The molecule has 2 aromatic carbocycles. The SMILES string of the molecule is CN1CCN(CCc2ccc(NC(=O)c3cn(C)nc3-c3ccc(F)cc3F)cc2)CC1. The van der Waals surface area contributed by atoms with Crippen LogP contribution in [0.25, 0.3) is 11.3 Å². The maximum atomic E-state index is 14.3. The summed E-state index contributed by atoms with van der Waals surface area (Å²) in [4.78, 5) is 17.7. The molecule has 2 heterocycles. The van der Waals surface area contributed by atoms with Crippen LogP contribution in [0, 0.1) is 11.6 Å². The summed E-state index contributed by atoms with van der Waals surface area (Å²) in [7, 11) is 3.80. The summed E-state index contributed by atoms with van der Waals surface area (Å²) in [6.45, 7) is 5.40. The number of amides is 1. The Kier molecular flexibility index (Phi) is 6.62. The average Bonchev–Trinajstić information content (AvgIpc) is 3.16. The Balaban J connectivity index is 1.41. The van der Waals surface area contributed by atoms with Gasteiger partial charge in [-0.25, -0.2) is 8.78 Å². The van der Waals surface area contributed by atoms with E-state index in [9.17, 15) is 13.6 Å². The summed E-state index contributed by atoms with van der Waals surface area (Å²) in [5.74, 6) is -1.84. The van der Waals surface area contributed by atoms with Gasteiger partial charge in [0.25, 0.3) is 5.91 Å². The Morgan fingerprint density at radius 1 is 1.03 bits per heavy atom. The lowest BCUT2D eigenvalue weighted by Crippen LogP contribution is -2.45. The van der Waals surface area contributed by atoms with Gasteiger partial charge in [-0.15, -0.1) is 0 Å². The molecule has 1 saturated heterocycles. The van der Waals surface area contributed by atoms with Crippen molar-refractivity contribution < 1.29 is 13.6 Å². The minimum absolute atomic E-state index is 0.0800. The summed E-state index contributed by atoms with van der Waals surface area (Å²) >= 11 is 0. The molecule has 0 unspecified atom stereocenters. The topological polar surface area (TPSA) is 53.4 Å². The van der Waals surface area contributed by atoms with Gasteiger partial charge >= 0.3 is 0 Å². The molecule has 1 N–H and O–H groups in total. The number of aryl methyl sites for hydroxylation is 1. The number of carbonyl (C=O) groups excluding carboxylic acids is 1. The van der Waals surface area contributed by atoms with E-state index in [1.54, 1.807) is 7.05 Å². The van der Waals surface area contributed by atoms with Crippen molar-refractivity contribution in [3.05, 3.63) is 71.4 Å². The molecule has 1 aliphatic rings. The van der Waals surface area contributed by atoms with E-state index in [2.05, 4.69) is 27.3 Å². The lowest BCUT2D eigenvalue weighted by molar-refractivity contribution is 0.102. The number of nitrogens with zero attached hydrogens (tertiary/aromatic N) is 4. The van der Waals surface area contributed by atoms with E-state index in [0.717, 1.165) is 51.3 Å². The molecule has 0 spiro atoms. The first-order valence-corrected chi connectivity index (χ1v) is 10.7. The second-order valence-corrected chi connectivity index (χ2v) is 8.24. The number of benzene rings is 2. The fraction of sp³-hybridized carbons (Fsp3) is 0.333. The number of piperazine rings is 1. The Bertz CT molecular complexity index is 1090. The van der Waals surface area contributed by atoms with Crippen molar-refractivity contribution in [2.75, 3.05) is 45.1 Å². The maximum Gasteiger partial charge on any atom is 0.259 e. The zero-order valence-corrected chi connectivity index (χ0v) is 18.3. The normalized spacial score (nSPS) is 15.1. The molecule has 0 aliphatic carbocycles. The smallest absolute Gasteiger partial charge is 0.259 e. The van der Waals surface area contributed by atoms with Crippen molar-refractivity contribution in [3.8, 4) is 11.3 Å². The van der Waals surface area contributed by atoms with Crippen LogP contribution in [-0.2, 0) is 13.5 Å². The lowest BCUT2D eigenvalue weighted by atomic mass is 10.1. The first kappa shape index (κ1) is 22.1. The monoisotopic (exact) mass is 439 g/mol. The molecule has 0 atom stereocenters. The van der Waals surface area contributed by atoms with E-state index in [0.29, 0.717) is 5.69 Å². The van der Waals surface area contributed by atoms with E-state index >= 15 is 0 Å². The Hall–Kier alpha value is -3.10. The first-order valence-electron chi connectivity index (χ1n) is 10.7. The zero-order chi connectivity index (χ0) is 22.7. The minimum atomic E-state index is -0.762. The number of halogens is 2. The van der Waals surface area contributed by atoms with E-state index in [1.165, 1.54) is 22.5 Å². The van der Waals surface area contributed by atoms with Gasteiger partial charge in [0.2, 0.25) is 0 Å². The van der Waals surface area contributed by atoms with Crippen LogP contribution in [0.2, 0.25) is 0 Å². The molecule has 8 heteroatoms.